The molecule has 2 N–H and O–H groups in total. The van der Waals surface area contributed by atoms with Crippen LogP contribution in [0.25, 0.3) is 0 Å². The van der Waals surface area contributed by atoms with Gasteiger partial charge in [-0.2, -0.15) is 5.10 Å². The molecule has 0 aliphatic rings. The summed E-state index contributed by atoms with van der Waals surface area (Å²) in [6, 6.07) is 2.63. The second-order valence-electron chi connectivity index (χ2n) is 4.68. The second kappa shape index (κ2) is 5.61. The molecule has 7 heteroatoms. The molecule has 1 aromatic carbocycles. The zero-order valence-corrected chi connectivity index (χ0v) is 13.6. The van der Waals surface area contributed by atoms with Crippen molar-refractivity contribution in [3.63, 3.8) is 0 Å². The predicted molar refractivity (Wildman–Crippen MR) is 80.9 cm³/mol. The molecule has 0 aliphatic heterocycles. The number of rotatable bonds is 3. The highest BCUT2D eigenvalue weighted by atomic mass is 79.9. The molecule has 2 rings (SSSR count). The molecule has 1 heterocycles. The van der Waals surface area contributed by atoms with E-state index in [4.69, 9.17) is 22.1 Å². The summed E-state index contributed by atoms with van der Waals surface area (Å²) in [6.45, 7) is 3.97. The van der Waals surface area contributed by atoms with Gasteiger partial charge in [0.15, 0.2) is 0 Å². The van der Waals surface area contributed by atoms with Crippen molar-refractivity contribution in [3.8, 4) is 11.6 Å². The number of ether oxygens (including phenoxy) is 1. The van der Waals surface area contributed by atoms with Crippen LogP contribution in [0.2, 0.25) is 5.02 Å². The Kier molecular flexibility index (Phi) is 4.25. The molecule has 20 heavy (non-hydrogen) atoms. The van der Waals surface area contributed by atoms with Crippen molar-refractivity contribution in [2.24, 2.45) is 7.05 Å². The first-order valence-corrected chi connectivity index (χ1v) is 7.13. The van der Waals surface area contributed by atoms with Gasteiger partial charge in [-0.1, -0.05) is 25.4 Å². The Labute approximate surface area is 129 Å². The molecule has 0 unspecified atom stereocenters. The van der Waals surface area contributed by atoms with Gasteiger partial charge in [0.05, 0.1) is 15.2 Å². The van der Waals surface area contributed by atoms with E-state index in [1.54, 1.807) is 7.05 Å². The summed E-state index contributed by atoms with van der Waals surface area (Å²) in [5.41, 5.74) is 7.22. The maximum atomic E-state index is 13.5. The topological polar surface area (TPSA) is 53.1 Å². The lowest BCUT2D eigenvalue weighted by Crippen LogP contribution is -1.98. The predicted octanol–water partition coefficient (Wildman–Crippen LogP) is 4.47. The minimum absolute atomic E-state index is 0.0186. The number of benzene rings is 1. The van der Waals surface area contributed by atoms with Gasteiger partial charge >= 0.3 is 0 Å². The van der Waals surface area contributed by atoms with Crippen molar-refractivity contribution < 1.29 is 9.13 Å². The number of aromatic nitrogens is 2. The fourth-order valence-electron chi connectivity index (χ4n) is 1.78. The van der Waals surface area contributed by atoms with Crippen molar-refractivity contribution in [2.75, 3.05) is 5.73 Å². The fourth-order valence-corrected chi connectivity index (χ4v) is 2.50. The smallest absolute Gasteiger partial charge is 0.241 e. The highest BCUT2D eigenvalue weighted by Gasteiger charge is 2.19. The third-order valence-electron chi connectivity index (χ3n) is 2.79. The Morgan fingerprint density at radius 2 is 2.10 bits per heavy atom. The molecule has 1 aromatic heterocycles. The Bertz CT molecular complexity index is 658. The van der Waals surface area contributed by atoms with E-state index >= 15 is 0 Å². The molecule has 0 fully saturated rings. The van der Waals surface area contributed by atoms with Crippen LogP contribution in [0, 0.1) is 5.82 Å². The quantitative estimate of drug-likeness (QED) is 0.819. The monoisotopic (exact) mass is 361 g/mol. The Balaban J connectivity index is 2.43. The van der Waals surface area contributed by atoms with Crippen LogP contribution in [0.15, 0.2) is 16.6 Å². The first-order valence-electron chi connectivity index (χ1n) is 5.96. The number of hydrogen-bond donors (Lipinski definition) is 1. The third-order valence-corrected chi connectivity index (χ3v) is 3.70. The van der Waals surface area contributed by atoms with E-state index in [9.17, 15) is 4.39 Å². The molecule has 0 bridgehead atoms. The highest BCUT2D eigenvalue weighted by molar-refractivity contribution is 9.10. The van der Waals surface area contributed by atoms with Crippen molar-refractivity contribution >= 4 is 33.2 Å². The molecule has 108 valence electrons. The zero-order chi connectivity index (χ0) is 15.0. The number of halogens is 3. The normalized spacial score (nSPS) is 11.2. The maximum Gasteiger partial charge on any atom is 0.241 e. The average Bonchev–Trinajstić information content (AvgIpc) is 2.63. The molecule has 0 atom stereocenters. The maximum absolute atomic E-state index is 13.5. The summed E-state index contributed by atoms with van der Waals surface area (Å²) in [5.74, 6) is 0.270. The van der Waals surface area contributed by atoms with E-state index in [2.05, 4.69) is 21.0 Å². The molecule has 0 spiro atoms. The Morgan fingerprint density at radius 3 is 2.65 bits per heavy atom. The van der Waals surface area contributed by atoms with Crippen LogP contribution in [0.5, 0.6) is 11.6 Å². The Hall–Kier alpha value is -1.27. The van der Waals surface area contributed by atoms with Gasteiger partial charge in [-0.05, 0) is 27.9 Å². The lowest BCUT2D eigenvalue weighted by Gasteiger charge is -2.09. The number of hydrogen-bond acceptors (Lipinski definition) is 3. The lowest BCUT2D eigenvalue weighted by molar-refractivity contribution is 0.426. The largest absolute Gasteiger partial charge is 0.436 e. The first kappa shape index (κ1) is 15.1. The van der Waals surface area contributed by atoms with Gasteiger partial charge in [0.2, 0.25) is 5.88 Å². The molecular weight excluding hydrogens is 349 g/mol. The fraction of sp³-hybridized carbons (Fsp3) is 0.308. The van der Waals surface area contributed by atoms with E-state index in [1.165, 1.54) is 16.8 Å². The molecule has 0 amide bonds. The van der Waals surface area contributed by atoms with Gasteiger partial charge in [0.1, 0.15) is 17.3 Å². The van der Waals surface area contributed by atoms with E-state index < -0.39 is 5.82 Å². The van der Waals surface area contributed by atoms with E-state index in [0.29, 0.717) is 16.0 Å². The van der Waals surface area contributed by atoms with Gasteiger partial charge in [-0.15, -0.1) is 0 Å². The molecule has 0 saturated heterocycles. The van der Waals surface area contributed by atoms with Crippen LogP contribution in [0.3, 0.4) is 0 Å². The summed E-state index contributed by atoms with van der Waals surface area (Å²) in [7, 11) is 1.72. The number of nitrogen functional groups attached to an aromatic ring is 1. The average molecular weight is 363 g/mol. The van der Waals surface area contributed by atoms with Gasteiger partial charge in [-0.25, -0.2) is 9.07 Å². The molecule has 0 aliphatic carbocycles. The molecular formula is C13H14BrClFN3O. The van der Waals surface area contributed by atoms with E-state index in [0.717, 1.165) is 5.69 Å². The molecule has 0 saturated carbocycles. The van der Waals surface area contributed by atoms with Crippen LogP contribution >= 0.6 is 27.5 Å². The Morgan fingerprint density at radius 1 is 1.45 bits per heavy atom. The number of anilines is 1. The summed E-state index contributed by atoms with van der Waals surface area (Å²) < 4.78 is 21.2. The van der Waals surface area contributed by atoms with Crippen molar-refractivity contribution in [3.05, 3.63) is 33.1 Å². The molecule has 2 aromatic rings. The third kappa shape index (κ3) is 2.76. The van der Waals surface area contributed by atoms with E-state index in [1.807, 2.05) is 13.8 Å². The SMILES string of the molecule is CC(C)c1nn(C)c(Oc2cc(F)c(Cl)cc2Br)c1N. The van der Waals surface area contributed by atoms with E-state index in [-0.39, 0.29) is 16.7 Å². The van der Waals surface area contributed by atoms with Crippen LogP contribution < -0.4 is 10.5 Å². The van der Waals surface area contributed by atoms with Gasteiger partial charge < -0.3 is 10.5 Å². The summed E-state index contributed by atoms with van der Waals surface area (Å²) in [5, 5.41) is 4.33. The van der Waals surface area contributed by atoms with Crippen LogP contribution in [-0.2, 0) is 7.05 Å². The summed E-state index contributed by atoms with van der Waals surface area (Å²) >= 11 is 8.97. The highest BCUT2D eigenvalue weighted by Crippen LogP contribution is 2.37. The van der Waals surface area contributed by atoms with Crippen LogP contribution in [0.1, 0.15) is 25.5 Å². The van der Waals surface area contributed by atoms with Crippen molar-refractivity contribution in [1.82, 2.24) is 9.78 Å². The van der Waals surface area contributed by atoms with Gasteiger partial charge in [0.25, 0.3) is 0 Å². The number of aryl methyl sites for hydroxylation is 1. The molecule has 4 nitrogen and oxygen atoms in total. The van der Waals surface area contributed by atoms with Gasteiger partial charge in [-0.3, -0.25) is 0 Å². The summed E-state index contributed by atoms with van der Waals surface area (Å²) in [4.78, 5) is 0. The lowest BCUT2D eigenvalue weighted by atomic mass is 10.1. The van der Waals surface area contributed by atoms with Crippen molar-refractivity contribution in [2.45, 2.75) is 19.8 Å². The zero-order valence-electron chi connectivity index (χ0n) is 11.2. The number of nitrogens with zero attached hydrogens (tertiary/aromatic N) is 2. The summed E-state index contributed by atoms with van der Waals surface area (Å²) in [6.07, 6.45) is 0. The van der Waals surface area contributed by atoms with Crippen molar-refractivity contribution in [1.29, 1.82) is 0 Å². The van der Waals surface area contributed by atoms with Gasteiger partial charge in [0, 0.05) is 13.1 Å². The molecule has 0 radical (unpaired) electrons. The standard InChI is InChI=1S/C13H14BrClFN3O/c1-6(2)12-11(17)13(19(3)18-12)20-10-5-9(16)8(15)4-7(10)14/h4-6H,17H2,1-3H3. The first-order chi connectivity index (χ1) is 9.31. The van der Waals surface area contributed by atoms with Crippen LogP contribution in [0.4, 0.5) is 10.1 Å². The van der Waals surface area contributed by atoms with Crippen LogP contribution in [-0.4, -0.2) is 9.78 Å². The number of nitrogens with two attached hydrogens (primary N) is 1. The minimum Gasteiger partial charge on any atom is -0.436 e. The second-order valence-corrected chi connectivity index (χ2v) is 5.94. The minimum atomic E-state index is -0.560.